The van der Waals surface area contributed by atoms with E-state index in [9.17, 15) is 9.90 Å². The van der Waals surface area contributed by atoms with E-state index in [0.717, 1.165) is 28.6 Å². The summed E-state index contributed by atoms with van der Waals surface area (Å²) in [4.78, 5) is 17.6. The number of pyridine rings is 1. The van der Waals surface area contributed by atoms with Gasteiger partial charge in [-0.3, -0.25) is 4.79 Å². The number of aliphatic hydroxyl groups excluding tert-OH is 1. The number of hydrogen-bond donors (Lipinski definition) is 3. The summed E-state index contributed by atoms with van der Waals surface area (Å²) in [5.74, 6) is 0. The van der Waals surface area contributed by atoms with Gasteiger partial charge in [-0.05, 0) is 79.7 Å². The lowest BCUT2D eigenvalue weighted by Crippen LogP contribution is -2.37. The number of aromatic amines is 1. The number of benzene rings is 2. The van der Waals surface area contributed by atoms with Crippen LogP contribution in [-0.2, 0) is 13.0 Å². The van der Waals surface area contributed by atoms with Gasteiger partial charge in [0.05, 0.1) is 6.54 Å². The summed E-state index contributed by atoms with van der Waals surface area (Å²) >= 11 is 5.66. The number of H-pyrrole nitrogens is 1. The molecule has 3 aromatic rings. The van der Waals surface area contributed by atoms with Gasteiger partial charge in [-0.2, -0.15) is 0 Å². The number of rotatable bonds is 7. The molecule has 0 amide bonds. The molecule has 0 spiro atoms. The number of aromatic nitrogens is 1. The van der Waals surface area contributed by atoms with Gasteiger partial charge < -0.3 is 20.3 Å². The Kier molecular flexibility index (Phi) is 7.24. The van der Waals surface area contributed by atoms with Gasteiger partial charge in [-0.15, -0.1) is 0 Å². The molecule has 0 aliphatic carbocycles. The van der Waals surface area contributed by atoms with Crippen LogP contribution < -0.4 is 10.9 Å². The summed E-state index contributed by atoms with van der Waals surface area (Å²) in [5.41, 5.74) is 5.84. The zero-order valence-corrected chi connectivity index (χ0v) is 18.6. The van der Waals surface area contributed by atoms with Crippen LogP contribution in [0, 0.1) is 13.8 Å². The molecular formula is C24H29N3O2S. The molecule has 1 heterocycles. The molecule has 3 N–H and O–H groups in total. The van der Waals surface area contributed by atoms with Crippen molar-refractivity contribution < 1.29 is 5.11 Å². The van der Waals surface area contributed by atoms with Crippen LogP contribution in [0.15, 0.2) is 47.3 Å². The molecule has 1 aromatic heterocycles. The molecule has 5 nitrogen and oxygen atoms in total. The molecule has 0 fully saturated rings. The highest BCUT2D eigenvalue weighted by atomic mass is 32.1. The van der Waals surface area contributed by atoms with E-state index in [1.807, 2.05) is 42.2 Å². The van der Waals surface area contributed by atoms with Gasteiger partial charge in [0.25, 0.3) is 5.56 Å². The number of hydrogen-bond acceptors (Lipinski definition) is 3. The number of aryl methyl sites for hydroxylation is 3. The van der Waals surface area contributed by atoms with Crippen molar-refractivity contribution in [3.8, 4) is 0 Å². The fraction of sp³-hybridized carbons (Fsp3) is 0.333. The molecule has 0 saturated carbocycles. The SMILES string of the molecule is CCc1ccc2[nH]c(=O)c(CN(CCCO)C(=S)Nc3ccc(C)cc3C)cc2c1. The van der Waals surface area contributed by atoms with Crippen molar-refractivity contribution in [3.05, 3.63) is 75.1 Å². The van der Waals surface area contributed by atoms with Crippen LogP contribution in [0.5, 0.6) is 0 Å². The second-order valence-electron chi connectivity index (χ2n) is 7.65. The fourth-order valence-electron chi connectivity index (χ4n) is 3.51. The largest absolute Gasteiger partial charge is 0.396 e. The molecule has 0 atom stereocenters. The Hall–Kier alpha value is -2.70. The van der Waals surface area contributed by atoms with E-state index >= 15 is 0 Å². The number of nitrogens with one attached hydrogen (secondary N) is 2. The van der Waals surface area contributed by atoms with Crippen molar-refractivity contribution >= 4 is 33.9 Å². The first-order valence-corrected chi connectivity index (χ1v) is 10.7. The first-order chi connectivity index (χ1) is 14.4. The van der Waals surface area contributed by atoms with Gasteiger partial charge in [-0.1, -0.05) is 30.7 Å². The molecule has 0 radical (unpaired) electrons. The molecule has 6 heteroatoms. The van der Waals surface area contributed by atoms with Gasteiger partial charge in [0.15, 0.2) is 5.11 Å². The van der Waals surface area contributed by atoms with Crippen molar-refractivity contribution in [2.45, 2.75) is 40.2 Å². The third-order valence-corrected chi connectivity index (χ3v) is 5.61. The predicted octanol–water partition coefficient (Wildman–Crippen LogP) is 4.29. The summed E-state index contributed by atoms with van der Waals surface area (Å²) < 4.78 is 0. The smallest absolute Gasteiger partial charge is 0.253 e. The first kappa shape index (κ1) is 22.0. The van der Waals surface area contributed by atoms with Crippen LogP contribution in [0.25, 0.3) is 10.9 Å². The molecule has 2 aromatic carbocycles. The van der Waals surface area contributed by atoms with E-state index in [-0.39, 0.29) is 12.2 Å². The number of fused-ring (bicyclic) bond motifs is 1. The van der Waals surface area contributed by atoms with Crippen molar-refractivity contribution in [2.24, 2.45) is 0 Å². The molecule has 0 saturated heterocycles. The van der Waals surface area contributed by atoms with Gasteiger partial charge in [0, 0.05) is 29.9 Å². The minimum Gasteiger partial charge on any atom is -0.396 e. The summed E-state index contributed by atoms with van der Waals surface area (Å²) in [6.07, 6.45) is 1.51. The lowest BCUT2D eigenvalue weighted by Gasteiger charge is -2.26. The summed E-state index contributed by atoms with van der Waals surface area (Å²) in [7, 11) is 0. The first-order valence-electron chi connectivity index (χ1n) is 10.3. The van der Waals surface area contributed by atoms with Gasteiger partial charge in [0.1, 0.15) is 0 Å². The zero-order valence-electron chi connectivity index (χ0n) is 17.8. The van der Waals surface area contributed by atoms with E-state index < -0.39 is 0 Å². The summed E-state index contributed by atoms with van der Waals surface area (Å²) in [5, 5.41) is 14.2. The Bertz CT molecular complexity index is 1110. The number of nitrogens with zero attached hydrogens (tertiary/aromatic N) is 1. The third-order valence-electron chi connectivity index (χ3n) is 5.25. The maximum Gasteiger partial charge on any atom is 0.253 e. The highest BCUT2D eigenvalue weighted by Crippen LogP contribution is 2.18. The fourth-order valence-corrected chi connectivity index (χ4v) is 3.77. The van der Waals surface area contributed by atoms with E-state index in [1.54, 1.807) is 0 Å². The minimum atomic E-state index is -0.116. The van der Waals surface area contributed by atoms with Crippen LogP contribution >= 0.6 is 12.2 Å². The Labute approximate surface area is 182 Å². The quantitative estimate of drug-likeness (QED) is 0.495. The Morgan fingerprint density at radius 3 is 2.67 bits per heavy atom. The van der Waals surface area contributed by atoms with Crippen LogP contribution in [0.3, 0.4) is 0 Å². The molecule has 0 aliphatic heterocycles. The van der Waals surface area contributed by atoms with Gasteiger partial charge in [-0.25, -0.2) is 0 Å². The highest BCUT2D eigenvalue weighted by Gasteiger charge is 2.14. The average molecular weight is 424 g/mol. The topological polar surface area (TPSA) is 68.4 Å². The maximum absolute atomic E-state index is 12.7. The molecule has 0 unspecified atom stereocenters. The molecule has 158 valence electrons. The summed E-state index contributed by atoms with van der Waals surface area (Å²) in [6, 6.07) is 14.2. The summed E-state index contributed by atoms with van der Waals surface area (Å²) in [6.45, 7) is 7.20. The normalized spacial score (nSPS) is 10.9. The van der Waals surface area contributed by atoms with Crippen molar-refractivity contribution in [2.75, 3.05) is 18.5 Å². The highest BCUT2D eigenvalue weighted by molar-refractivity contribution is 7.80. The van der Waals surface area contributed by atoms with E-state index in [1.165, 1.54) is 11.1 Å². The standard InChI is InChI=1S/C24H29N3O2S/c1-4-18-7-9-22-19(13-18)14-20(23(29)25-22)15-27(10-5-11-28)24(30)26-21-8-6-16(2)12-17(21)3/h6-9,12-14,28H,4-5,10-11,15H2,1-3H3,(H,25,29)(H,26,30). The molecule has 0 bridgehead atoms. The average Bonchev–Trinajstić information content (AvgIpc) is 2.73. The van der Waals surface area contributed by atoms with Crippen LogP contribution in [0.4, 0.5) is 5.69 Å². The molecule has 0 aliphatic rings. The van der Waals surface area contributed by atoms with E-state index in [2.05, 4.69) is 36.3 Å². The van der Waals surface area contributed by atoms with E-state index in [0.29, 0.717) is 30.2 Å². The van der Waals surface area contributed by atoms with Crippen LogP contribution in [0.2, 0.25) is 0 Å². The second-order valence-corrected chi connectivity index (χ2v) is 8.03. The van der Waals surface area contributed by atoms with Crippen molar-refractivity contribution in [3.63, 3.8) is 0 Å². The molecular weight excluding hydrogens is 394 g/mol. The second kappa shape index (κ2) is 9.87. The Morgan fingerprint density at radius 2 is 1.97 bits per heavy atom. The van der Waals surface area contributed by atoms with Gasteiger partial charge >= 0.3 is 0 Å². The third kappa shape index (κ3) is 5.26. The monoisotopic (exact) mass is 423 g/mol. The van der Waals surface area contributed by atoms with Crippen molar-refractivity contribution in [1.82, 2.24) is 9.88 Å². The lowest BCUT2D eigenvalue weighted by molar-refractivity contribution is 0.265. The predicted molar refractivity (Wildman–Crippen MR) is 128 cm³/mol. The molecule has 3 rings (SSSR count). The lowest BCUT2D eigenvalue weighted by atomic mass is 10.1. The number of aliphatic hydroxyl groups is 1. The number of thiocarbonyl (C=S) groups is 1. The Morgan fingerprint density at radius 1 is 1.17 bits per heavy atom. The van der Waals surface area contributed by atoms with E-state index in [4.69, 9.17) is 12.2 Å². The maximum atomic E-state index is 12.7. The minimum absolute atomic E-state index is 0.0661. The Balaban J connectivity index is 1.87. The van der Waals surface area contributed by atoms with Gasteiger partial charge in [0.2, 0.25) is 0 Å². The van der Waals surface area contributed by atoms with Crippen LogP contribution in [-0.4, -0.2) is 33.3 Å². The van der Waals surface area contributed by atoms with Crippen molar-refractivity contribution in [1.29, 1.82) is 0 Å². The zero-order chi connectivity index (χ0) is 21.7. The molecule has 30 heavy (non-hydrogen) atoms. The number of anilines is 1. The van der Waals surface area contributed by atoms with Crippen LogP contribution in [0.1, 0.15) is 35.6 Å².